The maximum absolute atomic E-state index is 13.6. The quantitative estimate of drug-likeness (QED) is 0.699. The van der Waals surface area contributed by atoms with Crippen molar-refractivity contribution in [1.29, 1.82) is 0 Å². The van der Waals surface area contributed by atoms with Gasteiger partial charge in [0.1, 0.15) is 5.70 Å². The maximum Gasteiger partial charge on any atom is 0.278 e. The summed E-state index contributed by atoms with van der Waals surface area (Å²) in [6.07, 6.45) is 5.34. The summed E-state index contributed by atoms with van der Waals surface area (Å²) in [5.41, 5.74) is 4.96. The number of carbonyl (C=O) groups is 2. The van der Waals surface area contributed by atoms with Crippen LogP contribution < -0.4 is 0 Å². The van der Waals surface area contributed by atoms with E-state index in [-0.39, 0.29) is 24.4 Å². The van der Waals surface area contributed by atoms with Crippen molar-refractivity contribution in [2.24, 2.45) is 0 Å². The molecule has 2 aromatic rings. The van der Waals surface area contributed by atoms with Crippen LogP contribution in [0, 0.1) is 13.8 Å². The van der Waals surface area contributed by atoms with Crippen molar-refractivity contribution in [3.63, 3.8) is 0 Å². The molecule has 0 spiro atoms. The van der Waals surface area contributed by atoms with Gasteiger partial charge in [0, 0.05) is 25.5 Å². The van der Waals surface area contributed by atoms with Gasteiger partial charge in [0.05, 0.1) is 12.1 Å². The highest BCUT2D eigenvalue weighted by molar-refractivity contribution is 6.35. The summed E-state index contributed by atoms with van der Waals surface area (Å²) in [5, 5.41) is 0. The van der Waals surface area contributed by atoms with Crippen LogP contribution in [-0.2, 0) is 16.1 Å². The van der Waals surface area contributed by atoms with Crippen LogP contribution >= 0.6 is 0 Å². The van der Waals surface area contributed by atoms with Crippen LogP contribution in [0.25, 0.3) is 5.57 Å². The second kappa shape index (κ2) is 8.63. The molecule has 1 aromatic carbocycles. The van der Waals surface area contributed by atoms with E-state index >= 15 is 0 Å². The third-order valence-electron chi connectivity index (χ3n) is 6.59. The van der Waals surface area contributed by atoms with Crippen molar-refractivity contribution in [2.45, 2.75) is 39.3 Å². The first-order valence-corrected chi connectivity index (χ1v) is 10.8. The van der Waals surface area contributed by atoms with Crippen LogP contribution in [0.5, 0.6) is 0 Å². The predicted molar refractivity (Wildman–Crippen MR) is 121 cm³/mol. The van der Waals surface area contributed by atoms with E-state index in [1.165, 1.54) is 10.5 Å². The van der Waals surface area contributed by atoms with Gasteiger partial charge in [0.15, 0.2) is 0 Å². The van der Waals surface area contributed by atoms with Gasteiger partial charge in [0.25, 0.3) is 11.8 Å². The Labute approximate surface area is 184 Å². The first kappa shape index (κ1) is 21.2. The highest BCUT2D eigenvalue weighted by Crippen LogP contribution is 2.35. The molecule has 0 aliphatic carbocycles. The van der Waals surface area contributed by atoms with Crippen LogP contribution in [-0.4, -0.2) is 64.7 Å². The van der Waals surface area contributed by atoms with Gasteiger partial charge in [-0.05, 0) is 75.1 Å². The van der Waals surface area contributed by atoms with Crippen LogP contribution in [0.2, 0.25) is 0 Å². The van der Waals surface area contributed by atoms with Gasteiger partial charge < -0.3 is 9.80 Å². The molecule has 0 radical (unpaired) electrons. The number of piperidine rings is 1. The van der Waals surface area contributed by atoms with Crippen molar-refractivity contribution < 1.29 is 9.59 Å². The molecular formula is C25H30N4O2. The minimum absolute atomic E-state index is 0.219. The molecule has 0 unspecified atom stereocenters. The SMILES string of the molecule is Cc1ccc(C2=C(N(C)C3CCN(C)CC3)C(=O)N(Cc3cccnc3)C2=O)cc1C. The molecule has 6 heteroatoms. The monoisotopic (exact) mass is 418 g/mol. The fourth-order valence-electron chi connectivity index (χ4n) is 4.43. The average molecular weight is 419 g/mol. The minimum Gasteiger partial charge on any atom is -0.366 e. The van der Waals surface area contributed by atoms with E-state index in [1.54, 1.807) is 12.4 Å². The smallest absolute Gasteiger partial charge is 0.278 e. The third kappa shape index (κ3) is 4.12. The van der Waals surface area contributed by atoms with Crippen LogP contribution in [0.1, 0.15) is 35.1 Å². The molecule has 6 nitrogen and oxygen atoms in total. The number of likely N-dealkylation sites (N-methyl/N-ethyl adjacent to an activating group) is 1. The second-order valence-electron chi connectivity index (χ2n) is 8.73. The van der Waals surface area contributed by atoms with Crippen molar-refractivity contribution in [3.8, 4) is 0 Å². The highest BCUT2D eigenvalue weighted by Gasteiger charge is 2.42. The van der Waals surface area contributed by atoms with E-state index in [1.807, 2.05) is 44.3 Å². The Morgan fingerprint density at radius 3 is 2.45 bits per heavy atom. The largest absolute Gasteiger partial charge is 0.366 e. The molecule has 3 heterocycles. The number of nitrogens with zero attached hydrogens (tertiary/aromatic N) is 4. The van der Waals surface area contributed by atoms with Gasteiger partial charge in [-0.3, -0.25) is 19.5 Å². The summed E-state index contributed by atoms with van der Waals surface area (Å²) in [7, 11) is 4.08. The number of rotatable bonds is 5. The molecule has 2 aliphatic heterocycles. The molecule has 0 saturated carbocycles. The summed E-state index contributed by atoms with van der Waals surface area (Å²) in [6, 6.07) is 9.95. The molecule has 4 rings (SSSR count). The molecule has 2 amide bonds. The van der Waals surface area contributed by atoms with Gasteiger partial charge >= 0.3 is 0 Å². The topological polar surface area (TPSA) is 56.8 Å². The van der Waals surface area contributed by atoms with E-state index in [0.29, 0.717) is 11.3 Å². The molecule has 2 aliphatic rings. The number of hydrogen-bond acceptors (Lipinski definition) is 5. The molecule has 1 fully saturated rings. The van der Waals surface area contributed by atoms with E-state index in [4.69, 9.17) is 0 Å². The molecule has 1 saturated heterocycles. The standard InChI is InChI=1S/C25H30N4O2/c1-17-7-8-20(14-18(17)2)22-23(28(4)21-9-12-27(3)13-10-21)25(31)29(24(22)30)16-19-6-5-11-26-15-19/h5-8,11,14-15,21H,9-10,12-13,16H2,1-4H3. The lowest BCUT2D eigenvalue weighted by atomic mass is 9.97. The fourth-order valence-corrected chi connectivity index (χ4v) is 4.43. The van der Waals surface area contributed by atoms with E-state index < -0.39 is 0 Å². The fraction of sp³-hybridized carbons (Fsp3) is 0.400. The summed E-state index contributed by atoms with van der Waals surface area (Å²) < 4.78 is 0. The lowest BCUT2D eigenvalue weighted by molar-refractivity contribution is -0.138. The zero-order valence-corrected chi connectivity index (χ0v) is 18.8. The highest BCUT2D eigenvalue weighted by atomic mass is 16.2. The number of imide groups is 1. The van der Waals surface area contributed by atoms with E-state index in [2.05, 4.69) is 28.8 Å². The Bertz CT molecular complexity index is 1020. The van der Waals surface area contributed by atoms with Gasteiger partial charge in [-0.25, -0.2) is 0 Å². The van der Waals surface area contributed by atoms with Crippen LogP contribution in [0.4, 0.5) is 0 Å². The number of aromatic nitrogens is 1. The van der Waals surface area contributed by atoms with Gasteiger partial charge in [-0.1, -0.05) is 24.3 Å². The summed E-state index contributed by atoms with van der Waals surface area (Å²) in [4.78, 5) is 37.0. The Kier molecular flexibility index (Phi) is 5.92. The maximum atomic E-state index is 13.6. The van der Waals surface area contributed by atoms with Crippen LogP contribution in [0.15, 0.2) is 48.4 Å². The Morgan fingerprint density at radius 1 is 1.06 bits per heavy atom. The van der Waals surface area contributed by atoms with Gasteiger partial charge in [-0.15, -0.1) is 0 Å². The van der Waals surface area contributed by atoms with Crippen molar-refractivity contribution in [3.05, 3.63) is 70.7 Å². The molecule has 0 bridgehead atoms. The number of likely N-dealkylation sites (tertiary alicyclic amines) is 1. The average Bonchev–Trinajstić information content (AvgIpc) is 3.01. The third-order valence-corrected chi connectivity index (χ3v) is 6.59. The first-order valence-electron chi connectivity index (χ1n) is 10.8. The van der Waals surface area contributed by atoms with Gasteiger partial charge in [-0.2, -0.15) is 0 Å². The number of benzene rings is 1. The summed E-state index contributed by atoms with van der Waals surface area (Å²) >= 11 is 0. The van der Waals surface area contributed by atoms with Crippen LogP contribution in [0.3, 0.4) is 0 Å². The van der Waals surface area contributed by atoms with Gasteiger partial charge in [0.2, 0.25) is 0 Å². The number of amides is 2. The molecule has 31 heavy (non-hydrogen) atoms. The lowest BCUT2D eigenvalue weighted by Gasteiger charge is -2.36. The second-order valence-corrected chi connectivity index (χ2v) is 8.73. The predicted octanol–water partition coefficient (Wildman–Crippen LogP) is 3.00. The Balaban J connectivity index is 1.74. The Hall–Kier alpha value is -2.99. The molecule has 0 N–H and O–H groups in total. The number of pyridine rings is 1. The van der Waals surface area contributed by atoms with Crippen molar-refractivity contribution >= 4 is 17.4 Å². The number of carbonyl (C=O) groups excluding carboxylic acids is 2. The first-order chi connectivity index (χ1) is 14.9. The molecule has 1 aromatic heterocycles. The zero-order chi connectivity index (χ0) is 22.1. The molecular weight excluding hydrogens is 388 g/mol. The molecule has 162 valence electrons. The Morgan fingerprint density at radius 2 is 1.81 bits per heavy atom. The summed E-state index contributed by atoms with van der Waals surface area (Å²) in [5.74, 6) is -0.449. The zero-order valence-electron chi connectivity index (χ0n) is 18.8. The number of hydrogen-bond donors (Lipinski definition) is 0. The van der Waals surface area contributed by atoms with Crippen molar-refractivity contribution in [2.75, 3.05) is 27.2 Å². The summed E-state index contributed by atoms with van der Waals surface area (Å²) in [6.45, 7) is 6.29. The molecule has 0 atom stereocenters. The minimum atomic E-state index is -0.230. The van der Waals surface area contributed by atoms with E-state index in [9.17, 15) is 9.59 Å². The van der Waals surface area contributed by atoms with Crippen molar-refractivity contribution in [1.82, 2.24) is 19.7 Å². The number of aryl methyl sites for hydroxylation is 2. The van der Waals surface area contributed by atoms with E-state index in [0.717, 1.165) is 42.6 Å². The lowest BCUT2D eigenvalue weighted by Crippen LogP contribution is -2.43. The normalized spacial score (nSPS) is 18.3.